The summed E-state index contributed by atoms with van der Waals surface area (Å²) in [7, 11) is 0. The molecule has 6 nitrogen and oxygen atoms in total. The zero-order valence-corrected chi connectivity index (χ0v) is 16.4. The third kappa shape index (κ3) is 2.12. The number of anilines is 1. The van der Waals surface area contributed by atoms with Crippen LogP contribution >= 0.6 is 0 Å². The number of benzene rings is 2. The number of ether oxygens (including phenoxy) is 1. The second-order valence-corrected chi connectivity index (χ2v) is 8.15. The maximum atomic E-state index is 13.6. The molecule has 2 aromatic carbocycles. The molecule has 0 fully saturated rings. The van der Waals surface area contributed by atoms with Crippen molar-refractivity contribution in [2.45, 2.75) is 44.9 Å². The Morgan fingerprint density at radius 2 is 1.86 bits per heavy atom. The van der Waals surface area contributed by atoms with Crippen LogP contribution in [0.1, 0.15) is 60.7 Å². The number of nitrogens with one attached hydrogen (secondary N) is 1. The number of rotatable bonds is 3. The highest BCUT2D eigenvalue weighted by Gasteiger charge is 2.72. The van der Waals surface area contributed by atoms with Crippen molar-refractivity contribution in [2.75, 3.05) is 5.73 Å². The number of fused-ring (bicyclic) bond motifs is 5. The molecule has 2 aliphatic rings. The van der Waals surface area contributed by atoms with Gasteiger partial charge in [0.1, 0.15) is 5.75 Å². The summed E-state index contributed by atoms with van der Waals surface area (Å²) in [4.78, 5) is 26.3. The van der Waals surface area contributed by atoms with Gasteiger partial charge in [0.25, 0.3) is 5.79 Å². The molecule has 1 aliphatic heterocycles. The van der Waals surface area contributed by atoms with E-state index in [1.165, 1.54) is 0 Å². The fourth-order valence-corrected chi connectivity index (χ4v) is 4.08. The second kappa shape index (κ2) is 5.82. The summed E-state index contributed by atoms with van der Waals surface area (Å²) >= 11 is 0. The molecule has 146 valence electrons. The van der Waals surface area contributed by atoms with Crippen molar-refractivity contribution in [3.8, 4) is 5.75 Å². The van der Waals surface area contributed by atoms with Crippen molar-refractivity contribution in [1.29, 1.82) is 0 Å². The predicted octanol–water partition coefficient (Wildman–Crippen LogP) is 2.79. The molecule has 0 aromatic heterocycles. The first-order valence-electron chi connectivity index (χ1n) is 9.45. The van der Waals surface area contributed by atoms with Gasteiger partial charge in [-0.1, -0.05) is 52.0 Å². The summed E-state index contributed by atoms with van der Waals surface area (Å²) in [5.74, 6) is -2.64. The molecule has 4 rings (SSSR count). The van der Waals surface area contributed by atoms with Gasteiger partial charge >= 0.3 is 0 Å². The summed E-state index contributed by atoms with van der Waals surface area (Å²) in [5.41, 5.74) is 6.43. The number of Topliss-reactive ketones (excluding diaryl/α,β-unsaturated/α-hetero) is 1. The van der Waals surface area contributed by atoms with Gasteiger partial charge in [-0.15, -0.1) is 0 Å². The van der Waals surface area contributed by atoms with Crippen LogP contribution in [0.2, 0.25) is 0 Å². The van der Waals surface area contributed by atoms with Crippen LogP contribution < -0.4 is 15.8 Å². The molecular weight excluding hydrogens is 356 g/mol. The van der Waals surface area contributed by atoms with Crippen LogP contribution in [0.5, 0.6) is 5.75 Å². The quantitative estimate of drug-likeness (QED) is 0.711. The fraction of sp³-hybridized carbons (Fsp3) is 0.364. The van der Waals surface area contributed by atoms with Gasteiger partial charge in [-0.25, -0.2) is 0 Å². The molecule has 6 heteroatoms. The van der Waals surface area contributed by atoms with E-state index in [-0.39, 0.29) is 34.6 Å². The summed E-state index contributed by atoms with van der Waals surface area (Å²) in [6.45, 7) is 7.54. The molecule has 0 saturated carbocycles. The molecule has 1 aliphatic carbocycles. The third-order valence-electron chi connectivity index (χ3n) is 5.71. The first-order valence-corrected chi connectivity index (χ1v) is 9.45. The molecule has 28 heavy (non-hydrogen) atoms. The number of amides is 1. The number of aliphatic hydroxyl groups is 1. The summed E-state index contributed by atoms with van der Waals surface area (Å²) in [5, 5.41) is 14.5. The molecule has 1 amide bonds. The SMILES string of the molecule is CC(C)C(=O)NC12C(=O)c3c(N)cccc3[C@@]1(O)Oc1cc(C(C)C)ccc12. The second-order valence-electron chi connectivity index (χ2n) is 8.15. The van der Waals surface area contributed by atoms with Crippen LogP contribution in [0.15, 0.2) is 36.4 Å². The Morgan fingerprint density at radius 3 is 2.50 bits per heavy atom. The van der Waals surface area contributed by atoms with Crippen LogP contribution in [-0.2, 0) is 16.1 Å². The zero-order chi connectivity index (χ0) is 20.4. The smallest absolute Gasteiger partial charge is 0.271 e. The van der Waals surface area contributed by atoms with Crippen LogP contribution in [0.25, 0.3) is 0 Å². The molecule has 2 atom stereocenters. The molecular formula is C22H24N2O4. The predicted molar refractivity (Wildman–Crippen MR) is 105 cm³/mol. The summed E-state index contributed by atoms with van der Waals surface area (Å²) < 4.78 is 6.01. The van der Waals surface area contributed by atoms with Gasteiger partial charge in [0.2, 0.25) is 17.2 Å². The molecule has 0 saturated heterocycles. The maximum absolute atomic E-state index is 13.6. The van der Waals surface area contributed by atoms with Crippen molar-refractivity contribution < 1.29 is 19.4 Å². The van der Waals surface area contributed by atoms with Crippen molar-refractivity contribution >= 4 is 17.4 Å². The number of nitrogen functional groups attached to an aromatic ring is 1. The van der Waals surface area contributed by atoms with Crippen LogP contribution in [0.3, 0.4) is 0 Å². The lowest BCUT2D eigenvalue weighted by Crippen LogP contribution is -2.60. The lowest BCUT2D eigenvalue weighted by atomic mass is 9.82. The molecule has 1 heterocycles. The highest BCUT2D eigenvalue weighted by molar-refractivity contribution is 6.15. The number of nitrogens with two attached hydrogens (primary N) is 1. The Kier molecular flexibility index (Phi) is 3.84. The number of hydrogen-bond donors (Lipinski definition) is 3. The Morgan fingerprint density at radius 1 is 1.14 bits per heavy atom. The van der Waals surface area contributed by atoms with Crippen molar-refractivity contribution in [3.63, 3.8) is 0 Å². The lowest BCUT2D eigenvalue weighted by molar-refractivity contribution is -0.176. The average Bonchev–Trinajstić information content (AvgIpc) is 2.99. The van der Waals surface area contributed by atoms with Gasteiger partial charge in [-0.2, -0.15) is 0 Å². The highest BCUT2D eigenvalue weighted by Crippen LogP contribution is 2.59. The van der Waals surface area contributed by atoms with Gasteiger partial charge in [0.15, 0.2) is 0 Å². The standard InChI is InChI=1S/C22H24N2O4/c1-11(2)13-8-9-14-17(10-13)28-22(27)15-6-5-7-16(23)18(15)19(25)21(14,22)24-20(26)12(3)4/h5-12,27H,23H2,1-4H3,(H,24,26)/t21?,22-/m1/s1. The normalized spacial score (nSPS) is 24.8. The minimum atomic E-state index is -2.06. The monoisotopic (exact) mass is 380 g/mol. The van der Waals surface area contributed by atoms with Gasteiger partial charge in [-0.05, 0) is 23.6 Å². The van der Waals surface area contributed by atoms with E-state index in [4.69, 9.17) is 10.5 Å². The topological polar surface area (TPSA) is 102 Å². The van der Waals surface area contributed by atoms with E-state index >= 15 is 0 Å². The Hall–Kier alpha value is -2.86. The van der Waals surface area contributed by atoms with E-state index in [0.29, 0.717) is 11.3 Å². The van der Waals surface area contributed by atoms with Crippen molar-refractivity contribution in [3.05, 3.63) is 58.7 Å². The summed E-state index contributed by atoms with van der Waals surface area (Å²) in [6.07, 6.45) is 0. The molecule has 0 bridgehead atoms. The van der Waals surface area contributed by atoms with Crippen molar-refractivity contribution in [1.82, 2.24) is 5.32 Å². The molecule has 0 radical (unpaired) electrons. The summed E-state index contributed by atoms with van der Waals surface area (Å²) in [6, 6.07) is 10.3. The van der Waals surface area contributed by atoms with Crippen LogP contribution in [0.4, 0.5) is 5.69 Å². The number of carbonyl (C=O) groups is 2. The molecule has 0 spiro atoms. The Balaban J connectivity index is 2.00. The van der Waals surface area contributed by atoms with Crippen LogP contribution in [-0.4, -0.2) is 16.8 Å². The minimum absolute atomic E-state index is 0.188. The van der Waals surface area contributed by atoms with E-state index in [9.17, 15) is 14.7 Å². The van der Waals surface area contributed by atoms with Crippen molar-refractivity contribution in [2.24, 2.45) is 5.92 Å². The number of carbonyl (C=O) groups excluding carboxylic acids is 2. The number of hydrogen-bond acceptors (Lipinski definition) is 5. The number of ketones is 1. The molecule has 1 unspecified atom stereocenters. The molecule has 2 aromatic rings. The first kappa shape index (κ1) is 18.5. The Bertz CT molecular complexity index is 1010. The van der Waals surface area contributed by atoms with E-state index in [1.54, 1.807) is 38.1 Å². The minimum Gasteiger partial charge on any atom is -0.454 e. The third-order valence-corrected chi connectivity index (χ3v) is 5.71. The first-order chi connectivity index (χ1) is 13.1. The van der Waals surface area contributed by atoms with Gasteiger partial charge in [0, 0.05) is 22.7 Å². The fourth-order valence-electron chi connectivity index (χ4n) is 4.08. The van der Waals surface area contributed by atoms with E-state index < -0.39 is 17.1 Å². The largest absolute Gasteiger partial charge is 0.454 e. The molecule has 4 N–H and O–H groups in total. The van der Waals surface area contributed by atoms with Gasteiger partial charge in [0.05, 0.1) is 5.56 Å². The van der Waals surface area contributed by atoms with E-state index in [1.807, 2.05) is 26.0 Å². The van der Waals surface area contributed by atoms with E-state index in [2.05, 4.69) is 5.32 Å². The maximum Gasteiger partial charge on any atom is 0.271 e. The van der Waals surface area contributed by atoms with E-state index in [0.717, 1.165) is 5.56 Å². The van der Waals surface area contributed by atoms with Crippen LogP contribution in [0, 0.1) is 5.92 Å². The Labute approximate surface area is 163 Å². The van der Waals surface area contributed by atoms with Gasteiger partial charge in [-0.3, -0.25) is 9.59 Å². The zero-order valence-electron chi connectivity index (χ0n) is 16.4. The highest BCUT2D eigenvalue weighted by atomic mass is 16.6. The van der Waals surface area contributed by atoms with Gasteiger partial charge < -0.3 is 20.9 Å². The lowest BCUT2D eigenvalue weighted by Gasteiger charge is -2.35. The average molecular weight is 380 g/mol.